The molecule has 0 heterocycles. The molecule has 0 saturated carbocycles. The van der Waals surface area contributed by atoms with Gasteiger partial charge in [0.1, 0.15) is 0 Å². The van der Waals surface area contributed by atoms with Crippen LogP contribution >= 0.6 is 33.8 Å². The van der Waals surface area contributed by atoms with E-state index in [1.807, 2.05) is 0 Å². The van der Waals surface area contributed by atoms with Crippen molar-refractivity contribution in [1.29, 1.82) is 0 Å². The topological polar surface area (TPSA) is 36.5 Å². The summed E-state index contributed by atoms with van der Waals surface area (Å²) in [7, 11) is 0. The van der Waals surface area contributed by atoms with Crippen LogP contribution in [0.25, 0.3) is 0 Å². The van der Waals surface area contributed by atoms with Crippen LogP contribution in [-0.2, 0) is 0 Å². The molecule has 0 bridgehead atoms. The molecular weight excluding hydrogens is 367 g/mol. The van der Waals surface area contributed by atoms with Gasteiger partial charge in [-0.3, -0.25) is 0 Å². The molecule has 0 fully saturated rings. The first kappa shape index (κ1) is 13.7. The minimum absolute atomic E-state index is 0. The minimum atomic E-state index is -5.56. The summed E-state index contributed by atoms with van der Waals surface area (Å²) in [6.07, 6.45) is 0. The largest absolute Gasteiger partial charge is 0.369 e. The summed E-state index contributed by atoms with van der Waals surface area (Å²) in [6, 6.07) is 0. The van der Waals surface area contributed by atoms with Crippen molar-refractivity contribution < 1.29 is 19.6 Å². The molecule has 0 atom stereocenters. The number of hydrogen-bond acceptors (Lipinski definition) is 0. The van der Waals surface area contributed by atoms with Crippen molar-refractivity contribution in [1.82, 2.24) is 6.15 Å². The third kappa shape index (κ3) is 62.6. The van der Waals surface area contributed by atoms with Gasteiger partial charge in [0.2, 0.25) is 0 Å². The molecule has 0 aromatic heterocycles. The Morgan fingerprint density at radius 2 is 0.625 bits per heavy atom. The number of halogens is 6. The van der Waals surface area contributed by atoms with Gasteiger partial charge >= 0.3 is 53.4 Å². The summed E-state index contributed by atoms with van der Waals surface area (Å²) in [6.45, 7) is 0. The SMILES string of the molecule is [Cl][Ce-]([Cl])([Cl])([Cl])([Cl])[Cl].[NH4+]. The summed E-state index contributed by atoms with van der Waals surface area (Å²) in [5.41, 5.74) is 30.5. The Hall–Kier alpha value is 3.08. The molecule has 4 N–H and O–H groups in total. The first-order valence-electron chi connectivity index (χ1n) is 1.13. The first-order chi connectivity index (χ1) is 2.45. The second-order valence-corrected chi connectivity index (χ2v) is 70.2. The molecule has 1 nitrogen and oxygen atoms in total. The van der Waals surface area contributed by atoms with Gasteiger partial charge in [-0.25, -0.2) is 0 Å². The monoisotopic (exact) mass is 368 g/mol. The Balaban J connectivity index is 0. The van der Waals surface area contributed by atoms with Gasteiger partial charge in [-0.1, -0.05) is 0 Å². The van der Waals surface area contributed by atoms with Crippen molar-refractivity contribution in [2.75, 3.05) is 0 Å². The van der Waals surface area contributed by atoms with Crippen molar-refractivity contribution in [2.45, 2.75) is 0 Å². The van der Waals surface area contributed by atoms with Gasteiger partial charge in [0.25, 0.3) is 0 Å². The van der Waals surface area contributed by atoms with E-state index in [1.165, 1.54) is 0 Å². The molecule has 0 rings (SSSR count). The molecule has 0 spiro atoms. The van der Waals surface area contributed by atoms with Crippen LogP contribution in [0.15, 0.2) is 0 Å². The third-order valence-corrected chi connectivity index (χ3v) is 0. The fraction of sp³-hybridized carbons (Fsp3) is 0. The van der Waals surface area contributed by atoms with Gasteiger partial charge in [0.15, 0.2) is 0 Å². The van der Waals surface area contributed by atoms with E-state index in [2.05, 4.69) is 0 Å². The van der Waals surface area contributed by atoms with Gasteiger partial charge in [-0.2, -0.15) is 0 Å². The smallest absolute Gasteiger partial charge is 0.369 e. The first-order valence-corrected chi connectivity index (χ1v) is 24.8. The zero-order chi connectivity index (χ0) is 6.41. The van der Waals surface area contributed by atoms with E-state index < -0.39 is 19.6 Å². The normalized spacial score (nSPS) is 20.2. The molecular formula is H4CeCl6N. The average Bonchev–Trinajstić information content (AvgIpc) is 0.592. The van der Waals surface area contributed by atoms with Gasteiger partial charge in [-0.05, 0) is 0 Å². The number of rotatable bonds is 0. The summed E-state index contributed by atoms with van der Waals surface area (Å²) < 4.78 is 0. The Morgan fingerprint density at radius 1 is 0.625 bits per heavy atom. The van der Waals surface area contributed by atoms with Gasteiger partial charge < -0.3 is 6.15 Å². The predicted molar refractivity (Wildman–Crippen MR) is 41.1 cm³/mol. The summed E-state index contributed by atoms with van der Waals surface area (Å²) in [4.78, 5) is 0. The van der Waals surface area contributed by atoms with E-state index in [0.29, 0.717) is 0 Å². The molecule has 0 radical (unpaired) electrons. The molecule has 8 heteroatoms. The fourth-order valence-electron chi connectivity index (χ4n) is 0. The van der Waals surface area contributed by atoms with E-state index in [-0.39, 0.29) is 6.15 Å². The fourth-order valence-corrected chi connectivity index (χ4v) is 0. The molecule has 55 valence electrons. The maximum Gasteiger partial charge on any atom is -0.369 e. The maximum absolute atomic E-state index is 5.56. The minimum Gasteiger partial charge on any atom is -0.369 e. The van der Waals surface area contributed by atoms with Crippen LogP contribution in [-0.4, -0.2) is 0 Å². The molecule has 0 aliphatic heterocycles. The van der Waals surface area contributed by atoms with Crippen LogP contribution in [0, 0.1) is 19.6 Å². The van der Waals surface area contributed by atoms with Crippen molar-refractivity contribution >= 4 is 33.8 Å². The van der Waals surface area contributed by atoms with Crippen LogP contribution in [0.5, 0.6) is 0 Å². The Labute approximate surface area is 57.5 Å². The summed E-state index contributed by atoms with van der Waals surface area (Å²) >= 11 is -5.56. The molecule has 0 amide bonds. The van der Waals surface area contributed by atoms with E-state index >= 15 is 0 Å². The van der Waals surface area contributed by atoms with Crippen molar-refractivity contribution in [3.63, 3.8) is 0 Å². The Kier molecular flexibility index (Phi) is 4.34. The summed E-state index contributed by atoms with van der Waals surface area (Å²) in [5, 5.41) is 0. The Bertz CT molecular complexity index is 67.1. The average molecular weight is 371 g/mol. The molecule has 0 unspecified atom stereocenters. The van der Waals surface area contributed by atoms with E-state index in [0.717, 1.165) is 0 Å². The van der Waals surface area contributed by atoms with Crippen LogP contribution in [0.2, 0.25) is 0 Å². The van der Waals surface area contributed by atoms with Crippen LogP contribution in [0.3, 0.4) is 0 Å². The zero-order valence-corrected chi connectivity index (χ0v) is 11.4. The molecule has 0 aromatic carbocycles. The van der Waals surface area contributed by atoms with Gasteiger partial charge in [0.05, 0.1) is 0 Å². The quantitative estimate of drug-likeness (QED) is 0.651. The molecule has 0 saturated heterocycles. The van der Waals surface area contributed by atoms with E-state index in [1.54, 1.807) is 0 Å². The molecule has 8 heavy (non-hydrogen) atoms. The second kappa shape index (κ2) is 2.54. The van der Waals surface area contributed by atoms with Crippen molar-refractivity contribution in [2.24, 2.45) is 0 Å². The van der Waals surface area contributed by atoms with Gasteiger partial charge in [0, 0.05) is 0 Å². The maximum atomic E-state index is 5.08. The number of hydrogen-bond donors (Lipinski definition) is 1. The summed E-state index contributed by atoms with van der Waals surface area (Å²) in [5.74, 6) is 0. The standard InChI is InChI=1S/Ce.6ClH.H3N/h;6*1H;1H3/q+5;;;;;;;/p-5. The van der Waals surface area contributed by atoms with Crippen LogP contribution in [0.4, 0.5) is 0 Å². The van der Waals surface area contributed by atoms with Gasteiger partial charge in [-0.15, -0.1) is 0 Å². The second-order valence-electron chi connectivity index (χ2n) is 1.07. The molecule has 0 aliphatic rings. The zero-order valence-electron chi connectivity index (χ0n) is 3.77. The Morgan fingerprint density at radius 3 is 0.625 bits per heavy atom. The van der Waals surface area contributed by atoms with E-state index in [4.69, 9.17) is 33.8 Å². The van der Waals surface area contributed by atoms with Crippen LogP contribution in [0.1, 0.15) is 0 Å². The molecule has 0 aliphatic carbocycles. The van der Waals surface area contributed by atoms with Crippen LogP contribution < -0.4 is 6.15 Å². The van der Waals surface area contributed by atoms with Crippen molar-refractivity contribution in [3.8, 4) is 0 Å². The molecule has 0 aromatic rings. The third-order valence-electron chi connectivity index (χ3n) is 0. The number of quaternary nitrogens is 1. The predicted octanol–water partition coefficient (Wildman–Crippen LogP) is 4.51. The van der Waals surface area contributed by atoms with Crippen molar-refractivity contribution in [3.05, 3.63) is 0 Å². The van der Waals surface area contributed by atoms with E-state index in [9.17, 15) is 0 Å².